The zero-order chi connectivity index (χ0) is 14.4. The maximum Gasteiger partial charge on any atom is 0.227 e. The highest BCUT2D eigenvalue weighted by molar-refractivity contribution is 5.80. The summed E-state index contributed by atoms with van der Waals surface area (Å²) in [6, 6.07) is 0. The molecule has 110 valence electrons. The van der Waals surface area contributed by atoms with Gasteiger partial charge in [-0.15, -0.1) is 0 Å². The number of likely N-dealkylation sites (tertiary alicyclic amines) is 1. The van der Waals surface area contributed by atoms with E-state index < -0.39 is 6.10 Å². The number of rotatable bonds is 5. The molecule has 2 unspecified atom stereocenters. The van der Waals surface area contributed by atoms with Gasteiger partial charge in [-0.3, -0.25) is 9.59 Å². The second-order valence-electron chi connectivity index (χ2n) is 5.13. The van der Waals surface area contributed by atoms with Crippen molar-refractivity contribution >= 4 is 11.8 Å². The molecule has 6 heteroatoms. The zero-order valence-corrected chi connectivity index (χ0v) is 12.0. The zero-order valence-electron chi connectivity index (χ0n) is 12.0. The van der Waals surface area contributed by atoms with Gasteiger partial charge in [0.05, 0.1) is 18.6 Å². The summed E-state index contributed by atoms with van der Waals surface area (Å²) in [6.45, 7) is 3.21. The van der Waals surface area contributed by atoms with Crippen LogP contribution < -0.4 is 0 Å². The van der Waals surface area contributed by atoms with E-state index in [1.165, 1.54) is 18.9 Å². The van der Waals surface area contributed by atoms with Crippen LogP contribution in [0.25, 0.3) is 0 Å². The van der Waals surface area contributed by atoms with Crippen LogP contribution in [-0.4, -0.2) is 73.2 Å². The lowest BCUT2D eigenvalue weighted by Gasteiger charge is -2.33. The normalized spacial score (nSPS) is 21.1. The molecule has 1 saturated heterocycles. The van der Waals surface area contributed by atoms with Crippen molar-refractivity contribution in [2.24, 2.45) is 5.92 Å². The Labute approximate surface area is 114 Å². The van der Waals surface area contributed by atoms with E-state index in [4.69, 9.17) is 4.74 Å². The van der Waals surface area contributed by atoms with Crippen LogP contribution in [0, 0.1) is 5.92 Å². The lowest BCUT2D eigenvalue weighted by molar-refractivity contribution is -0.140. The monoisotopic (exact) mass is 272 g/mol. The minimum absolute atomic E-state index is 0.0129. The Balaban J connectivity index is 2.49. The number of ether oxygens (including phenoxy) is 1. The largest absolute Gasteiger partial charge is 0.389 e. The smallest absolute Gasteiger partial charge is 0.227 e. The molecule has 1 fully saturated rings. The number of carbonyl (C=O) groups is 2. The molecule has 0 aromatic rings. The van der Waals surface area contributed by atoms with Gasteiger partial charge < -0.3 is 19.6 Å². The first-order valence-corrected chi connectivity index (χ1v) is 6.63. The number of piperidine rings is 1. The summed E-state index contributed by atoms with van der Waals surface area (Å²) in [7, 11) is 3.19. The van der Waals surface area contributed by atoms with Crippen LogP contribution in [0.4, 0.5) is 0 Å². The van der Waals surface area contributed by atoms with E-state index >= 15 is 0 Å². The fourth-order valence-electron chi connectivity index (χ4n) is 2.43. The molecule has 0 aromatic carbocycles. The number of nitrogens with zero attached hydrogens (tertiary/aromatic N) is 2. The van der Waals surface area contributed by atoms with Crippen molar-refractivity contribution in [3.63, 3.8) is 0 Å². The number of aliphatic hydroxyl groups is 1. The molecule has 0 aliphatic carbocycles. The first-order valence-electron chi connectivity index (χ1n) is 6.63. The van der Waals surface area contributed by atoms with Gasteiger partial charge in [-0.2, -0.15) is 0 Å². The molecular formula is C13H24N2O4. The van der Waals surface area contributed by atoms with Crippen LogP contribution in [0.5, 0.6) is 0 Å². The highest BCUT2D eigenvalue weighted by atomic mass is 16.5. The SMILES string of the molecule is COCC(O)CN(C)C(=O)C1CCCN(C(C)=O)C1. The lowest BCUT2D eigenvalue weighted by atomic mass is 9.96. The maximum absolute atomic E-state index is 12.2. The highest BCUT2D eigenvalue weighted by Gasteiger charge is 2.29. The number of hydrogen-bond acceptors (Lipinski definition) is 4. The molecule has 19 heavy (non-hydrogen) atoms. The topological polar surface area (TPSA) is 70.1 Å². The molecule has 2 amide bonds. The third kappa shape index (κ3) is 4.80. The molecule has 1 rings (SSSR count). The number of likely N-dealkylation sites (N-methyl/N-ethyl adjacent to an activating group) is 1. The molecular weight excluding hydrogens is 248 g/mol. The first-order chi connectivity index (χ1) is 8.95. The first kappa shape index (κ1) is 15.9. The highest BCUT2D eigenvalue weighted by Crippen LogP contribution is 2.18. The van der Waals surface area contributed by atoms with Crippen molar-refractivity contribution in [2.75, 3.05) is 40.4 Å². The van der Waals surface area contributed by atoms with E-state index in [2.05, 4.69) is 0 Å². The average molecular weight is 272 g/mol. The van der Waals surface area contributed by atoms with Gasteiger partial charge in [0.25, 0.3) is 0 Å². The fourth-order valence-corrected chi connectivity index (χ4v) is 2.43. The third-order valence-electron chi connectivity index (χ3n) is 3.44. The van der Waals surface area contributed by atoms with Crippen molar-refractivity contribution in [2.45, 2.75) is 25.9 Å². The Bertz CT molecular complexity index is 322. The molecule has 2 atom stereocenters. The van der Waals surface area contributed by atoms with Crippen molar-refractivity contribution in [3.8, 4) is 0 Å². The predicted octanol–water partition coefficient (Wildman–Crippen LogP) is -0.289. The van der Waals surface area contributed by atoms with Gasteiger partial charge in [0.1, 0.15) is 0 Å². The van der Waals surface area contributed by atoms with Crippen molar-refractivity contribution in [1.82, 2.24) is 9.80 Å². The second kappa shape index (κ2) is 7.45. The predicted molar refractivity (Wildman–Crippen MR) is 70.5 cm³/mol. The van der Waals surface area contributed by atoms with E-state index in [1.54, 1.807) is 11.9 Å². The van der Waals surface area contributed by atoms with Crippen LogP contribution in [0.15, 0.2) is 0 Å². The van der Waals surface area contributed by atoms with Crippen molar-refractivity contribution in [1.29, 1.82) is 0 Å². The van der Waals surface area contributed by atoms with Crippen LogP contribution in [-0.2, 0) is 14.3 Å². The molecule has 0 radical (unpaired) electrons. The lowest BCUT2D eigenvalue weighted by Crippen LogP contribution is -2.47. The summed E-state index contributed by atoms with van der Waals surface area (Å²) >= 11 is 0. The van der Waals surface area contributed by atoms with Crippen molar-refractivity contribution < 1.29 is 19.4 Å². The Kier molecular flexibility index (Phi) is 6.24. The minimum Gasteiger partial charge on any atom is -0.389 e. The number of hydrogen-bond donors (Lipinski definition) is 1. The Hall–Kier alpha value is -1.14. The number of methoxy groups -OCH3 is 1. The third-order valence-corrected chi connectivity index (χ3v) is 3.44. The molecule has 0 spiro atoms. The van der Waals surface area contributed by atoms with E-state index in [0.29, 0.717) is 6.54 Å². The summed E-state index contributed by atoms with van der Waals surface area (Å²) in [5.41, 5.74) is 0. The minimum atomic E-state index is -0.675. The molecule has 1 aliphatic rings. The summed E-state index contributed by atoms with van der Waals surface area (Å²) < 4.78 is 4.84. The Morgan fingerprint density at radius 3 is 2.79 bits per heavy atom. The Morgan fingerprint density at radius 1 is 1.53 bits per heavy atom. The van der Waals surface area contributed by atoms with E-state index in [9.17, 15) is 14.7 Å². The molecule has 1 N–H and O–H groups in total. The van der Waals surface area contributed by atoms with Crippen LogP contribution in [0.3, 0.4) is 0 Å². The van der Waals surface area contributed by atoms with Crippen LogP contribution in [0.1, 0.15) is 19.8 Å². The number of amides is 2. The van der Waals surface area contributed by atoms with Crippen LogP contribution in [0.2, 0.25) is 0 Å². The standard InChI is InChI=1S/C13H24N2O4/c1-10(16)15-6-4-5-11(7-15)13(18)14(2)8-12(17)9-19-3/h11-12,17H,4-9H2,1-3H3. The summed E-state index contributed by atoms with van der Waals surface area (Å²) in [5, 5.41) is 9.62. The van der Waals surface area contributed by atoms with Gasteiger partial charge in [-0.1, -0.05) is 0 Å². The van der Waals surface area contributed by atoms with Gasteiger partial charge in [0, 0.05) is 40.7 Å². The second-order valence-corrected chi connectivity index (χ2v) is 5.13. The molecule has 0 aromatic heterocycles. The van der Waals surface area contributed by atoms with Gasteiger partial charge >= 0.3 is 0 Å². The van der Waals surface area contributed by atoms with E-state index in [-0.39, 0.29) is 30.9 Å². The average Bonchev–Trinajstić information content (AvgIpc) is 2.38. The molecule has 6 nitrogen and oxygen atoms in total. The van der Waals surface area contributed by atoms with E-state index in [1.807, 2.05) is 0 Å². The Morgan fingerprint density at radius 2 is 2.21 bits per heavy atom. The fraction of sp³-hybridized carbons (Fsp3) is 0.846. The van der Waals surface area contributed by atoms with Gasteiger partial charge in [-0.25, -0.2) is 0 Å². The summed E-state index contributed by atoms with van der Waals surface area (Å²) in [6.07, 6.45) is 0.976. The molecule has 1 aliphatic heterocycles. The van der Waals surface area contributed by atoms with Crippen LogP contribution >= 0.6 is 0 Å². The maximum atomic E-state index is 12.2. The summed E-state index contributed by atoms with van der Waals surface area (Å²) in [4.78, 5) is 26.8. The van der Waals surface area contributed by atoms with Crippen molar-refractivity contribution in [3.05, 3.63) is 0 Å². The van der Waals surface area contributed by atoms with Gasteiger partial charge in [0.15, 0.2) is 0 Å². The molecule has 1 heterocycles. The summed E-state index contributed by atoms with van der Waals surface area (Å²) in [5.74, 6) is -0.155. The quantitative estimate of drug-likeness (QED) is 0.746. The van der Waals surface area contributed by atoms with Gasteiger partial charge in [-0.05, 0) is 12.8 Å². The van der Waals surface area contributed by atoms with Gasteiger partial charge in [0.2, 0.25) is 11.8 Å². The number of aliphatic hydroxyl groups excluding tert-OH is 1. The van der Waals surface area contributed by atoms with E-state index in [0.717, 1.165) is 19.4 Å². The molecule has 0 bridgehead atoms. The number of carbonyl (C=O) groups excluding carboxylic acids is 2. The molecule has 0 saturated carbocycles.